The summed E-state index contributed by atoms with van der Waals surface area (Å²) in [6, 6.07) is 0. The Morgan fingerprint density at radius 1 is 1.06 bits per heavy atom. The molecule has 1 aliphatic heterocycles. The van der Waals surface area contributed by atoms with Crippen LogP contribution in [0.4, 0.5) is 0 Å². The molecule has 6 heteroatoms. The molecule has 0 spiro atoms. The number of rotatable bonds is 10. The molecule has 0 bridgehead atoms. The van der Waals surface area contributed by atoms with E-state index in [4.69, 9.17) is 14.2 Å². The van der Waals surface area contributed by atoms with Gasteiger partial charge in [0, 0.05) is 26.6 Å². The van der Waals surface area contributed by atoms with Gasteiger partial charge in [-0.1, -0.05) is 45.8 Å². The third-order valence-electron chi connectivity index (χ3n) is 5.81. The molecule has 1 aliphatic carbocycles. The van der Waals surface area contributed by atoms with Crippen LogP contribution in [0.15, 0.2) is 36.1 Å². The predicted octanol–water partition coefficient (Wildman–Crippen LogP) is 4.66. The summed E-state index contributed by atoms with van der Waals surface area (Å²) in [5.41, 5.74) is 0.490. The molecule has 1 amide bonds. The van der Waals surface area contributed by atoms with Crippen molar-refractivity contribution in [2.45, 2.75) is 58.8 Å². The Balaban J connectivity index is 0.00000233. The van der Waals surface area contributed by atoms with Crippen LogP contribution >= 0.6 is 0 Å². The maximum absolute atomic E-state index is 13.2. The van der Waals surface area contributed by atoms with Crippen LogP contribution in [0.5, 0.6) is 0 Å². The lowest BCUT2D eigenvalue weighted by Gasteiger charge is -2.41. The molecule has 0 N–H and O–H groups in total. The molecule has 6 nitrogen and oxygen atoms in total. The topological polar surface area (TPSA) is 65.1 Å². The Morgan fingerprint density at radius 2 is 1.77 bits per heavy atom. The fraction of sp³-hybridized carbons (Fsp3) is 0.680. The van der Waals surface area contributed by atoms with Crippen LogP contribution in [0.3, 0.4) is 0 Å². The lowest BCUT2D eigenvalue weighted by atomic mass is 9.75. The molecule has 1 saturated carbocycles. The van der Waals surface area contributed by atoms with Gasteiger partial charge in [0.05, 0.1) is 19.3 Å². The first kappa shape index (κ1) is 27.0. The number of carbonyl (C=O) groups is 2. The van der Waals surface area contributed by atoms with Crippen LogP contribution in [-0.4, -0.2) is 57.3 Å². The second kappa shape index (κ2) is 15.7. The first-order chi connectivity index (χ1) is 15.1. The van der Waals surface area contributed by atoms with E-state index in [2.05, 4.69) is 6.58 Å². The van der Waals surface area contributed by atoms with Gasteiger partial charge in [0.25, 0.3) is 5.91 Å². The van der Waals surface area contributed by atoms with Crippen LogP contribution in [-0.2, 0) is 23.8 Å². The molecule has 0 aromatic rings. The molecule has 31 heavy (non-hydrogen) atoms. The zero-order chi connectivity index (χ0) is 23.1. The number of allylic oxidation sites excluding steroid dienone is 3. The van der Waals surface area contributed by atoms with Crippen molar-refractivity contribution in [1.29, 1.82) is 0 Å². The third-order valence-corrected chi connectivity index (χ3v) is 5.81. The molecule has 176 valence electrons. The van der Waals surface area contributed by atoms with Crippen molar-refractivity contribution in [1.82, 2.24) is 4.90 Å². The standard InChI is InChI=1S/C23H35NO5.C2H6/c1-4-8-20(21(28-3)11-7-12-22(25)29-16-15-27-2)23(26)24-14-13-18-9-5-6-10-19(18)17-24;1-2/h4,8,11,18-19H,1,5-7,9-10,12-17H2,2-3H3;1-2H3/b20-8+,21-11+;/t18-,19?;/m1./s1. The van der Waals surface area contributed by atoms with Crippen LogP contribution in [0, 0.1) is 11.8 Å². The molecule has 1 saturated heterocycles. The average Bonchev–Trinajstić information content (AvgIpc) is 2.81. The number of likely N-dealkylation sites (tertiary alicyclic amines) is 1. The molecular weight excluding hydrogens is 394 g/mol. The second-order valence-corrected chi connectivity index (χ2v) is 7.68. The number of nitrogens with zero attached hydrogens (tertiary/aromatic N) is 1. The number of hydrogen-bond donors (Lipinski definition) is 0. The first-order valence-electron chi connectivity index (χ1n) is 11.6. The van der Waals surface area contributed by atoms with Gasteiger partial charge in [0.2, 0.25) is 0 Å². The highest BCUT2D eigenvalue weighted by molar-refractivity contribution is 5.97. The summed E-state index contributed by atoms with van der Waals surface area (Å²) in [5.74, 6) is 1.54. The lowest BCUT2D eigenvalue weighted by Crippen LogP contribution is -2.45. The van der Waals surface area contributed by atoms with Gasteiger partial charge in [-0.15, -0.1) is 0 Å². The minimum absolute atomic E-state index is 0.0234. The normalized spacial score (nSPS) is 21.4. The number of fused-ring (bicyclic) bond motifs is 1. The Hall–Kier alpha value is -2.08. The Morgan fingerprint density at radius 3 is 2.42 bits per heavy atom. The molecule has 1 heterocycles. The highest BCUT2D eigenvalue weighted by Gasteiger charge is 2.34. The van der Waals surface area contributed by atoms with Crippen LogP contribution in [0.2, 0.25) is 0 Å². The summed E-state index contributed by atoms with van der Waals surface area (Å²) in [6.45, 7) is 9.98. The van der Waals surface area contributed by atoms with Crippen molar-refractivity contribution < 1.29 is 23.8 Å². The van der Waals surface area contributed by atoms with Crippen LogP contribution in [0.1, 0.15) is 58.8 Å². The van der Waals surface area contributed by atoms with E-state index in [1.165, 1.54) is 25.7 Å². The molecule has 0 aromatic heterocycles. The Labute approximate surface area is 188 Å². The quantitative estimate of drug-likeness (QED) is 0.164. The average molecular weight is 436 g/mol. The smallest absolute Gasteiger partial charge is 0.306 e. The third kappa shape index (κ3) is 8.90. The number of piperidine rings is 1. The van der Waals surface area contributed by atoms with E-state index in [-0.39, 0.29) is 24.9 Å². The summed E-state index contributed by atoms with van der Waals surface area (Å²) < 4.78 is 15.4. The van der Waals surface area contributed by atoms with Gasteiger partial charge in [-0.2, -0.15) is 0 Å². The van der Waals surface area contributed by atoms with Crippen molar-refractivity contribution in [3.8, 4) is 0 Å². The minimum Gasteiger partial charge on any atom is -0.496 e. The molecular formula is C25H41NO5. The number of hydrogen-bond acceptors (Lipinski definition) is 5. The zero-order valence-corrected chi connectivity index (χ0v) is 19.9. The van der Waals surface area contributed by atoms with Crippen molar-refractivity contribution >= 4 is 11.9 Å². The van der Waals surface area contributed by atoms with Gasteiger partial charge < -0.3 is 19.1 Å². The van der Waals surface area contributed by atoms with Crippen molar-refractivity contribution in [3.63, 3.8) is 0 Å². The van der Waals surface area contributed by atoms with Gasteiger partial charge in [0.1, 0.15) is 12.4 Å². The van der Waals surface area contributed by atoms with Crippen LogP contribution in [0.25, 0.3) is 0 Å². The number of amides is 1. The SMILES string of the molecule is C=C/C=C(C(=O)N1CC[C@H]2CCCCC2C1)\C(=C/CCC(=O)OCCOC)OC.CC. The molecule has 2 atom stereocenters. The van der Waals surface area contributed by atoms with Gasteiger partial charge >= 0.3 is 5.97 Å². The van der Waals surface area contributed by atoms with Crippen molar-refractivity contribution in [2.24, 2.45) is 11.8 Å². The van der Waals surface area contributed by atoms with E-state index in [1.54, 1.807) is 32.4 Å². The predicted molar refractivity (Wildman–Crippen MR) is 123 cm³/mol. The van der Waals surface area contributed by atoms with E-state index in [9.17, 15) is 9.59 Å². The summed E-state index contributed by atoms with van der Waals surface area (Å²) in [4.78, 5) is 26.9. The van der Waals surface area contributed by atoms with E-state index in [0.29, 0.717) is 30.3 Å². The summed E-state index contributed by atoms with van der Waals surface area (Å²) >= 11 is 0. The number of ether oxygens (including phenoxy) is 3. The maximum Gasteiger partial charge on any atom is 0.306 e. The van der Waals surface area contributed by atoms with Crippen LogP contribution < -0.4 is 0 Å². The van der Waals surface area contributed by atoms with Gasteiger partial charge in [-0.05, 0) is 43.3 Å². The number of esters is 1. The number of carbonyl (C=O) groups excluding carboxylic acids is 2. The molecule has 0 aromatic carbocycles. The lowest BCUT2D eigenvalue weighted by molar-refractivity contribution is -0.144. The first-order valence-corrected chi connectivity index (χ1v) is 11.6. The van der Waals surface area contributed by atoms with Crippen molar-refractivity contribution in [3.05, 3.63) is 36.1 Å². The van der Waals surface area contributed by atoms with E-state index in [1.807, 2.05) is 18.7 Å². The second-order valence-electron chi connectivity index (χ2n) is 7.68. The zero-order valence-electron chi connectivity index (χ0n) is 19.9. The highest BCUT2D eigenvalue weighted by Crippen LogP contribution is 2.36. The molecule has 2 fully saturated rings. The minimum atomic E-state index is -0.297. The molecule has 2 rings (SSSR count). The van der Waals surface area contributed by atoms with Gasteiger partial charge in [-0.25, -0.2) is 0 Å². The van der Waals surface area contributed by atoms with Crippen molar-refractivity contribution in [2.75, 3.05) is 40.5 Å². The maximum atomic E-state index is 13.2. The van der Waals surface area contributed by atoms with E-state index < -0.39 is 0 Å². The van der Waals surface area contributed by atoms with E-state index >= 15 is 0 Å². The summed E-state index contributed by atoms with van der Waals surface area (Å²) in [5, 5.41) is 0. The molecule has 2 aliphatic rings. The Kier molecular flexibility index (Phi) is 13.6. The van der Waals surface area contributed by atoms with Gasteiger partial charge in [0.15, 0.2) is 0 Å². The van der Waals surface area contributed by atoms with E-state index in [0.717, 1.165) is 25.4 Å². The molecule has 0 radical (unpaired) electrons. The molecule has 1 unspecified atom stereocenters. The largest absolute Gasteiger partial charge is 0.496 e. The summed E-state index contributed by atoms with van der Waals surface area (Å²) in [6.07, 6.45) is 11.9. The van der Waals surface area contributed by atoms with Gasteiger partial charge in [-0.3, -0.25) is 9.59 Å². The number of methoxy groups -OCH3 is 2. The fourth-order valence-corrected chi connectivity index (χ4v) is 4.27. The Bertz CT molecular complexity index is 625. The summed E-state index contributed by atoms with van der Waals surface area (Å²) in [7, 11) is 3.10. The highest BCUT2D eigenvalue weighted by atomic mass is 16.6. The monoisotopic (exact) mass is 435 g/mol. The fourth-order valence-electron chi connectivity index (χ4n) is 4.27.